The van der Waals surface area contributed by atoms with E-state index in [1.165, 1.54) is 0 Å². The Kier molecular flexibility index (Phi) is 2.97. The summed E-state index contributed by atoms with van der Waals surface area (Å²) in [5, 5.41) is 4.31. The zero-order valence-corrected chi connectivity index (χ0v) is 8.94. The van der Waals surface area contributed by atoms with Gasteiger partial charge in [-0.05, 0) is 18.2 Å². The second-order valence-corrected chi connectivity index (χ2v) is 3.58. The van der Waals surface area contributed by atoms with Crippen LogP contribution in [0.1, 0.15) is 0 Å². The second-order valence-electron chi connectivity index (χ2n) is 3.58. The monoisotopic (exact) mass is 206 g/mol. The third-order valence-electron chi connectivity index (χ3n) is 2.63. The van der Waals surface area contributed by atoms with Crippen molar-refractivity contribution >= 4 is 11.4 Å². The summed E-state index contributed by atoms with van der Waals surface area (Å²) < 4.78 is 5.13. The van der Waals surface area contributed by atoms with Gasteiger partial charge >= 0.3 is 0 Å². The molecule has 0 atom stereocenters. The maximum absolute atomic E-state index is 5.86. The summed E-state index contributed by atoms with van der Waals surface area (Å²) >= 11 is 0. The van der Waals surface area contributed by atoms with Gasteiger partial charge < -0.3 is 15.4 Å². The number of rotatable bonds is 2. The van der Waals surface area contributed by atoms with Crippen LogP contribution in [0.25, 0.3) is 0 Å². The quantitative estimate of drug-likeness (QED) is 0.725. The normalized spacial score (nSPS) is 16.5. The minimum absolute atomic E-state index is 0.692. The highest BCUT2D eigenvalue weighted by molar-refractivity contribution is 5.63. The van der Waals surface area contributed by atoms with E-state index in [9.17, 15) is 0 Å². The van der Waals surface area contributed by atoms with Crippen LogP contribution in [0, 0.1) is 0 Å². The number of anilines is 2. The van der Waals surface area contributed by atoms with Crippen molar-refractivity contribution in [2.75, 3.05) is 43.9 Å². The van der Waals surface area contributed by atoms with Gasteiger partial charge in [0, 0.05) is 31.9 Å². The number of benzene rings is 1. The minimum atomic E-state index is 0.692. The predicted octanol–water partition coefficient (Wildman–Crippen LogP) is 0.702. The molecule has 0 aromatic heterocycles. The number of nitrogens with zero attached hydrogens (tertiary/aromatic N) is 2. The molecule has 1 aromatic rings. The molecular weight excluding hydrogens is 190 g/mol. The van der Waals surface area contributed by atoms with Gasteiger partial charge in [-0.1, -0.05) is 0 Å². The van der Waals surface area contributed by atoms with Crippen LogP contribution in [0.15, 0.2) is 18.2 Å². The highest BCUT2D eigenvalue weighted by atomic mass is 16.5. The van der Waals surface area contributed by atoms with E-state index < -0.39 is 0 Å². The van der Waals surface area contributed by atoms with Crippen LogP contribution >= 0.6 is 0 Å². The number of methoxy groups -OCH3 is 1. The van der Waals surface area contributed by atoms with Crippen LogP contribution in [0.3, 0.4) is 0 Å². The summed E-state index contributed by atoms with van der Waals surface area (Å²) in [7, 11) is 1.63. The van der Waals surface area contributed by atoms with E-state index in [1.807, 2.05) is 18.2 Å². The SMILES string of the molecule is COc1ccc(N2CC[N]CC2)cc1N. The summed E-state index contributed by atoms with van der Waals surface area (Å²) in [5.74, 6) is 0.737. The molecule has 0 unspecified atom stereocenters. The van der Waals surface area contributed by atoms with Gasteiger partial charge in [-0.25, -0.2) is 5.32 Å². The van der Waals surface area contributed by atoms with Crippen LogP contribution < -0.4 is 20.7 Å². The van der Waals surface area contributed by atoms with E-state index in [-0.39, 0.29) is 0 Å². The number of piperazine rings is 1. The lowest BCUT2D eigenvalue weighted by molar-refractivity contribution is 0.417. The molecule has 4 nitrogen and oxygen atoms in total. The molecule has 15 heavy (non-hydrogen) atoms. The molecule has 1 aromatic carbocycles. The lowest BCUT2D eigenvalue weighted by Gasteiger charge is -2.28. The largest absolute Gasteiger partial charge is 0.495 e. The van der Waals surface area contributed by atoms with Crippen molar-refractivity contribution in [3.63, 3.8) is 0 Å². The van der Waals surface area contributed by atoms with E-state index in [0.29, 0.717) is 5.69 Å². The lowest BCUT2D eigenvalue weighted by Crippen LogP contribution is -2.40. The summed E-state index contributed by atoms with van der Waals surface area (Å²) in [6, 6.07) is 5.92. The first-order valence-corrected chi connectivity index (χ1v) is 5.13. The molecule has 1 radical (unpaired) electrons. The van der Waals surface area contributed by atoms with Crippen molar-refractivity contribution in [1.29, 1.82) is 0 Å². The van der Waals surface area contributed by atoms with Crippen molar-refractivity contribution in [3.8, 4) is 5.75 Å². The number of nitrogen functional groups attached to an aromatic ring is 1. The number of hydrogen-bond donors (Lipinski definition) is 1. The van der Waals surface area contributed by atoms with Gasteiger partial charge in [0.1, 0.15) is 5.75 Å². The number of nitrogens with two attached hydrogens (primary N) is 1. The van der Waals surface area contributed by atoms with Crippen LogP contribution in [-0.2, 0) is 0 Å². The van der Waals surface area contributed by atoms with Gasteiger partial charge in [-0.2, -0.15) is 0 Å². The molecule has 0 spiro atoms. The van der Waals surface area contributed by atoms with E-state index in [1.54, 1.807) is 7.11 Å². The molecule has 1 saturated heterocycles. The Labute approximate surface area is 90.0 Å². The van der Waals surface area contributed by atoms with Crippen molar-refractivity contribution in [2.45, 2.75) is 0 Å². The fraction of sp³-hybridized carbons (Fsp3) is 0.455. The summed E-state index contributed by atoms with van der Waals surface area (Å²) in [6.45, 7) is 3.77. The fourth-order valence-corrected chi connectivity index (χ4v) is 1.78. The maximum Gasteiger partial charge on any atom is 0.141 e. The molecule has 0 aliphatic carbocycles. The molecular formula is C11H16N3O. The fourth-order valence-electron chi connectivity index (χ4n) is 1.78. The molecule has 2 rings (SSSR count). The van der Waals surface area contributed by atoms with Gasteiger partial charge in [-0.15, -0.1) is 0 Å². The van der Waals surface area contributed by atoms with Gasteiger partial charge in [0.05, 0.1) is 12.8 Å². The molecule has 0 saturated carbocycles. The van der Waals surface area contributed by atoms with Crippen LogP contribution in [0.4, 0.5) is 11.4 Å². The summed E-state index contributed by atoms with van der Waals surface area (Å²) in [6.07, 6.45) is 0. The topological polar surface area (TPSA) is 52.6 Å². The molecule has 81 valence electrons. The molecule has 1 heterocycles. The first kappa shape index (κ1) is 10.1. The zero-order chi connectivity index (χ0) is 10.7. The summed E-state index contributed by atoms with van der Waals surface area (Å²) in [4.78, 5) is 2.29. The first-order chi connectivity index (χ1) is 7.31. The maximum atomic E-state index is 5.86. The Morgan fingerprint density at radius 2 is 2.07 bits per heavy atom. The highest BCUT2D eigenvalue weighted by Gasteiger charge is 2.12. The van der Waals surface area contributed by atoms with Crippen molar-refractivity contribution in [3.05, 3.63) is 18.2 Å². The average Bonchev–Trinajstić information content (AvgIpc) is 2.30. The van der Waals surface area contributed by atoms with Crippen molar-refractivity contribution < 1.29 is 4.74 Å². The molecule has 0 amide bonds. The van der Waals surface area contributed by atoms with Crippen molar-refractivity contribution in [1.82, 2.24) is 5.32 Å². The second kappa shape index (κ2) is 4.40. The highest BCUT2D eigenvalue weighted by Crippen LogP contribution is 2.26. The van der Waals surface area contributed by atoms with Gasteiger partial charge in [0.2, 0.25) is 0 Å². The van der Waals surface area contributed by atoms with Crippen LogP contribution in [-0.4, -0.2) is 33.3 Å². The number of hydrogen-bond acceptors (Lipinski definition) is 3. The Morgan fingerprint density at radius 1 is 1.33 bits per heavy atom. The van der Waals surface area contributed by atoms with E-state index in [2.05, 4.69) is 10.2 Å². The molecule has 1 aliphatic heterocycles. The molecule has 2 N–H and O–H groups in total. The molecule has 4 heteroatoms. The van der Waals surface area contributed by atoms with E-state index in [4.69, 9.17) is 10.5 Å². The van der Waals surface area contributed by atoms with E-state index in [0.717, 1.165) is 37.6 Å². The molecule has 1 fully saturated rings. The standard InChI is InChI=1S/C11H16N3O/c1-15-11-3-2-9(8-10(11)12)14-6-4-13-5-7-14/h2-3,8H,4-7,12H2,1H3. The van der Waals surface area contributed by atoms with Crippen LogP contribution in [0.5, 0.6) is 5.75 Å². The Bertz CT molecular complexity index is 335. The third kappa shape index (κ3) is 2.15. The smallest absolute Gasteiger partial charge is 0.141 e. The van der Waals surface area contributed by atoms with Crippen molar-refractivity contribution in [2.24, 2.45) is 0 Å². The van der Waals surface area contributed by atoms with Gasteiger partial charge in [0.25, 0.3) is 0 Å². The Morgan fingerprint density at radius 3 is 2.67 bits per heavy atom. The lowest BCUT2D eigenvalue weighted by atomic mass is 10.2. The van der Waals surface area contributed by atoms with E-state index >= 15 is 0 Å². The first-order valence-electron chi connectivity index (χ1n) is 5.13. The zero-order valence-electron chi connectivity index (χ0n) is 8.94. The minimum Gasteiger partial charge on any atom is -0.495 e. The van der Waals surface area contributed by atoms with Crippen LogP contribution in [0.2, 0.25) is 0 Å². The number of ether oxygens (including phenoxy) is 1. The molecule has 1 aliphatic rings. The van der Waals surface area contributed by atoms with Gasteiger partial charge in [-0.3, -0.25) is 0 Å². The predicted molar refractivity (Wildman–Crippen MR) is 61.5 cm³/mol. The summed E-state index contributed by atoms with van der Waals surface area (Å²) in [5.41, 5.74) is 7.71. The Hall–Kier alpha value is -1.42. The molecule has 0 bridgehead atoms. The Balaban J connectivity index is 2.17. The average molecular weight is 206 g/mol. The third-order valence-corrected chi connectivity index (χ3v) is 2.63. The van der Waals surface area contributed by atoms with Gasteiger partial charge in [0.15, 0.2) is 0 Å².